The summed E-state index contributed by atoms with van der Waals surface area (Å²) in [4.78, 5) is 0. The Labute approximate surface area is 56.2 Å². The molecule has 1 heteroatoms. The lowest BCUT2D eigenvalue weighted by Crippen LogP contribution is -2.07. The Hall–Kier alpha value is -0.720. The second-order valence-electron chi connectivity index (χ2n) is 2.75. The van der Waals surface area contributed by atoms with Gasteiger partial charge in [0.15, 0.2) is 0 Å². The van der Waals surface area contributed by atoms with Crippen LogP contribution in [0.3, 0.4) is 0 Å². The van der Waals surface area contributed by atoms with Gasteiger partial charge >= 0.3 is 0 Å². The van der Waals surface area contributed by atoms with Crippen molar-refractivity contribution >= 4 is 0 Å². The molecule has 0 radical (unpaired) electrons. The molecule has 0 fully saturated rings. The van der Waals surface area contributed by atoms with Crippen molar-refractivity contribution in [3.8, 4) is 0 Å². The zero-order chi connectivity index (χ0) is 6.85. The van der Waals surface area contributed by atoms with E-state index < -0.39 is 0 Å². The predicted octanol–water partition coefficient (Wildman–Crippen LogP) is 1.82. The van der Waals surface area contributed by atoms with E-state index in [-0.39, 0.29) is 0 Å². The summed E-state index contributed by atoms with van der Waals surface area (Å²) in [5, 5.41) is 0. The van der Waals surface area contributed by atoms with Gasteiger partial charge in [0.2, 0.25) is 0 Å². The summed E-state index contributed by atoms with van der Waals surface area (Å²) in [7, 11) is 0. The Balaban J connectivity index is 2.75. The maximum absolute atomic E-state index is 5.70. The van der Waals surface area contributed by atoms with Gasteiger partial charge in [0.1, 0.15) is 0 Å². The maximum atomic E-state index is 5.70. The average molecular weight is 123 g/mol. The first kappa shape index (κ1) is 6.40. The zero-order valence-electron chi connectivity index (χ0n) is 6.02. The quantitative estimate of drug-likeness (QED) is 0.522. The molecule has 0 aromatic heterocycles. The third kappa shape index (κ3) is 1.35. The van der Waals surface area contributed by atoms with E-state index in [1.807, 2.05) is 0 Å². The Kier molecular flexibility index (Phi) is 1.60. The molecule has 0 aliphatic heterocycles. The number of hydrogen-bond donors (Lipinski definition) is 1. The molecule has 0 bridgehead atoms. The van der Waals surface area contributed by atoms with Gasteiger partial charge < -0.3 is 5.73 Å². The molecule has 1 atom stereocenters. The van der Waals surface area contributed by atoms with Crippen molar-refractivity contribution in [3.63, 3.8) is 0 Å². The minimum absolute atomic E-state index is 0.633. The molecule has 0 spiro atoms. The van der Waals surface area contributed by atoms with Crippen LogP contribution in [0.25, 0.3) is 0 Å². The Morgan fingerprint density at radius 1 is 1.67 bits per heavy atom. The maximum Gasteiger partial charge on any atom is 0.0116 e. The van der Waals surface area contributed by atoms with Crippen LogP contribution in [0.1, 0.15) is 20.3 Å². The molecule has 0 saturated carbocycles. The van der Waals surface area contributed by atoms with Gasteiger partial charge in [0.05, 0.1) is 0 Å². The summed E-state index contributed by atoms with van der Waals surface area (Å²) < 4.78 is 0. The van der Waals surface area contributed by atoms with E-state index >= 15 is 0 Å². The van der Waals surface area contributed by atoms with E-state index in [0.717, 1.165) is 12.1 Å². The van der Waals surface area contributed by atoms with Crippen LogP contribution >= 0.6 is 0 Å². The van der Waals surface area contributed by atoms with Gasteiger partial charge in [-0.1, -0.05) is 19.1 Å². The first-order valence-corrected chi connectivity index (χ1v) is 3.33. The van der Waals surface area contributed by atoms with Crippen molar-refractivity contribution in [2.45, 2.75) is 20.3 Å². The van der Waals surface area contributed by atoms with Crippen LogP contribution in [-0.4, -0.2) is 0 Å². The lowest BCUT2D eigenvalue weighted by atomic mass is 9.97. The lowest BCUT2D eigenvalue weighted by Gasteiger charge is -2.13. The summed E-state index contributed by atoms with van der Waals surface area (Å²) >= 11 is 0. The Morgan fingerprint density at radius 2 is 2.33 bits per heavy atom. The molecular weight excluding hydrogens is 110 g/mol. The molecule has 1 nitrogen and oxygen atoms in total. The predicted molar refractivity (Wildman–Crippen MR) is 39.8 cm³/mol. The van der Waals surface area contributed by atoms with Gasteiger partial charge in [-0.05, 0) is 24.8 Å². The van der Waals surface area contributed by atoms with Crippen LogP contribution in [0.5, 0.6) is 0 Å². The van der Waals surface area contributed by atoms with E-state index in [0.29, 0.717) is 5.92 Å². The number of hydrogen-bond acceptors (Lipinski definition) is 1. The summed E-state index contributed by atoms with van der Waals surface area (Å²) in [5.41, 5.74) is 7.97. The van der Waals surface area contributed by atoms with Crippen molar-refractivity contribution in [3.05, 3.63) is 23.4 Å². The van der Waals surface area contributed by atoms with Crippen LogP contribution in [0.2, 0.25) is 0 Å². The minimum Gasteiger partial charge on any atom is -0.402 e. The van der Waals surface area contributed by atoms with Gasteiger partial charge in [-0.2, -0.15) is 0 Å². The summed E-state index contributed by atoms with van der Waals surface area (Å²) in [6, 6.07) is 0. The van der Waals surface area contributed by atoms with E-state index in [2.05, 4.69) is 26.0 Å². The first-order chi connectivity index (χ1) is 4.20. The summed E-state index contributed by atoms with van der Waals surface area (Å²) in [5.74, 6) is 0.633. The zero-order valence-corrected chi connectivity index (χ0v) is 6.02. The summed E-state index contributed by atoms with van der Waals surface area (Å²) in [6.07, 6.45) is 5.33. The first-order valence-electron chi connectivity index (χ1n) is 3.33. The molecule has 0 saturated heterocycles. The third-order valence-electron chi connectivity index (χ3n) is 1.72. The van der Waals surface area contributed by atoms with E-state index in [4.69, 9.17) is 5.73 Å². The molecule has 50 valence electrons. The highest BCUT2D eigenvalue weighted by Crippen LogP contribution is 2.18. The molecule has 1 rings (SSSR count). The van der Waals surface area contributed by atoms with Gasteiger partial charge in [-0.15, -0.1) is 0 Å². The molecular formula is C8H13N. The summed E-state index contributed by atoms with van der Waals surface area (Å²) in [6.45, 7) is 4.23. The van der Waals surface area contributed by atoms with Crippen molar-refractivity contribution in [1.82, 2.24) is 0 Å². The van der Waals surface area contributed by atoms with Gasteiger partial charge in [-0.25, -0.2) is 0 Å². The highest BCUT2D eigenvalue weighted by molar-refractivity contribution is 5.26. The Bertz CT molecular complexity index is 165. The van der Waals surface area contributed by atoms with E-state index in [9.17, 15) is 0 Å². The molecule has 2 N–H and O–H groups in total. The molecule has 0 heterocycles. The van der Waals surface area contributed by atoms with E-state index in [1.165, 1.54) is 5.57 Å². The number of nitrogens with two attached hydrogens (primary N) is 1. The molecule has 1 aliphatic carbocycles. The van der Waals surface area contributed by atoms with Crippen molar-refractivity contribution in [1.29, 1.82) is 0 Å². The second-order valence-corrected chi connectivity index (χ2v) is 2.75. The Morgan fingerprint density at radius 3 is 2.78 bits per heavy atom. The standard InChI is InChI=1S/C8H13N/c1-6-3-4-7(2)8(9)5-6/h3-4,6H,5,9H2,1-2H3/t6-/m1/s1. The molecule has 0 amide bonds. The van der Waals surface area contributed by atoms with Gasteiger partial charge in [0.25, 0.3) is 0 Å². The van der Waals surface area contributed by atoms with Crippen LogP contribution in [-0.2, 0) is 0 Å². The van der Waals surface area contributed by atoms with Crippen LogP contribution < -0.4 is 5.73 Å². The van der Waals surface area contributed by atoms with Crippen LogP contribution in [0, 0.1) is 5.92 Å². The van der Waals surface area contributed by atoms with Gasteiger partial charge in [-0.3, -0.25) is 0 Å². The average Bonchev–Trinajstić information content (AvgIpc) is 1.80. The highest BCUT2D eigenvalue weighted by Gasteiger charge is 2.05. The monoisotopic (exact) mass is 123 g/mol. The van der Waals surface area contributed by atoms with Crippen molar-refractivity contribution < 1.29 is 0 Å². The van der Waals surface area contributed by atoms with Crippen molar-refractivity contribution in [2.75, 3.05) is 0 Å². The van der Waals surface area contributed by atoms with Crippen LogP contribution in [0.15, 0.2) is 23.4 Å². The van der Waals surface area contributed by atoms with Crippen molar-refractivity contribution in [2.24, 2.45) is 11.7 Å². The molecule has 0 aromatic rings. The fourth-order valence-corrected chi connectivity index (χ4v) is 0.992. The third-order valence-corrected chi connectivity index (χ3v) is 1.72. The largest absolute Gasteiger partial charge is 0.402 e. The fourth-order valence-electron chi connectivity index (χ4n) is 0.992. The fraction of sp³-hybridized carbons (Fsp3) is 0.500. The number of rotatable bonds is 0. The smallest absolute Gasteiger partial charge is 0.0116 e. The van der Waals surface area contributed by atoms with Crippen LogP contribution in [0.4, 0.5) is 0 Å². The molecule has 1 aliphatic rings. The minimum atomic E-state index is 0.633. The molecule has 9 heavy (non-hydrogen) atoms. The number of allylic oxidation sites excluding steroid dienone is 4. The molecule has 0 unspecified atom stereocenters. The SMILES string of the molecule is CC1=C(N)C[C@H](C)C=C1. The second kappa shape index (κ2) is 2.26. The normalized spacial score (nSPS) is 27.1. The topological polar surface area (TPSA) is 26.0 Å². The molecule has 0 aromatic carbocycles. The van der Waals surface area contributed by atoms with E-state index in [1.54, 1.807) is 0 Å². The highest BCUT2D eigenvalue weighted by atomic mass is 14.6. The van der Waals surface area contributed by atoms with Gasteiger partial charge in [0, 0.05) is 5.70 Å². The lowest BCUT2D eigenvalue weighted by molar-refractivity contribution is 0.694.